The van der Waals surface area contributed by atoms with E-state index in [2.05, 4.69) is 15.8 Å². The van der Waals surface area contributed by atoms with Gasteiger partial charge in [0.25, 0.3) is 0 Å². The molecule has 2 N–H and O–H groups in total. The highest BCUT2D eigenvalue weighted by atomic mass is 35.5. The summed E-state index contributed by atoms with van der Waals surface area (Å²) < 4.78 is 5.33. The molecule has 0 atom stereocenters. The first-order valence-electron chi connectivity index (χ1n) is 8.44. The molecule has 0 aliphatic carbocycles. The average Bonchev–Trinajstić information content (AvgIpc) is 2.70. The van der Waals surface area contributed by atoms with Crippen LogP contribution in [0, 0.1) is 0 Å². The Bertz CT molecular complexity index is 1040. The Hall–Kier alpha value is -2.93. The number of anilines is 1. The minimum atomic E-state index is -0.563. The van der Waals surface area contributed by atoms with Crippen LogP contribution in [0.25, 0.3) is 0 Å². The Kier molecular flexibility index (Phi) is 7.19. The van der Waals surface area contributed by atoms with E-state index in [4.69, 9.17) is 40.2 Å². The third-order valence-electron chi connectivity index (χ3n) is 3.65. The van der Waals surface area contributed by atoms with E-state index in [1.165, 1.54) is 12.1 Å². The molecule has 146 valence electrons. The van der Waals surface area contributed by atoms with Gasteiger partial charge < -0.3 is 10.1 Å². The molecule has 3 rings (SSSR count). The molecule has 0 aliphatic heterocycles. The third-order valence-corrected chi connectivity index (χ3v) is 4.39. The number of halogens is 2. The molecule has 0 spiro atoms. The lowest BCUT2D eigenvalue weighted by molar-refractivity contribution is 0.0735. The molecule has 0 aromatic heterocycles. The van der Waals surface area contributed by atoms with Gasteiger partial charge in [0.05, 0.1) is 16.8 Å². The van der Waals surface area contributed by atoms with Crippen molar-refractivity contribution in [3.63, 3.8) is 0 Å². The zero-order chi connectivity index (χ0) is 20.6. The molecule has 0 saturated carbocycles. The molecular formula is C21H15Cl2N3O2S. The molecule has 0 radical (unpaired) electrons. The summed E-state index contributed by atoms with van der Waals surface area (Å²) >= 11 is 17.0. The predicted molar refractivity (Wildman–Crippen MR) is 121 cm³/mol. The molecule has 0 heterocycles. The van der Waals surface area contributed by atoms with Crippen LogP contribution < -0.4 is 15.5 Å². The van der Waals surface area contributed by atoms with Gasteiger partial charge in [-0.1, -0.05) is 41.4 Å². The number of thiocarbonyl (C=S) groups is 1. The summed E-state index contributed by atoms with van der Waals surface area (Å²) in [6.45, 7) is 0. The maximum atomic E-state index is 12.2. The van der Waals surface area contributed by atoms with Gasteiger partial charge in [0.1, 0.15) is 5.75 Å². The van der Waals surface area contributed by atoms with Crippen LogP contribution in [0.5, 0.6) is 5.75 Å². The van der Waals surface area contributed by atoms with Gasteiger partial charge in [0, 0.05) is 10.7 Å². The molecule has 5 nitrogen and oxygen atoms in total. The lowest BCUT2D eigenvalue weighted by Gasteiger charge is -2.07. The molecular weight excluding hydrogens is 429 g/mol. The van der Waals surface area contributed by atoms with E-state index in [1.807, 2.05) is 30.3 Å². The van der Waals surface area contributed by atoms with Crippen molar-refractivity contribution in [1.29, 1.82) is 0 Å². The van der Waals surface area contributed by atoms with Gasteiger partial charge in [-0.15, -0.1) is 0 Å². The maximum absolute atomic E-state index is 12.2. The number of para-hydroxylation sites is 1. The van der Waals surface area contributed by atoms with Crippen LogP contribution in [0.4, 0.5) is 5.69 Å². The molecule has 0 fully saturated rings. The number of hydrogen-bond donors (Lipinski definition) is 2. The monoisotopic (exact) mass is 443 g/mol. The van der Waals surface area contributed by atoms with E-state index in [0.717, 1.165) is 11.3 Å². The smallest absolute Gasteiger partial charge is 0.345 e. The van der Waals surface area contributed by atoms with Gasteiger partial charge in [-0.2, -0.15) is 5.10 Å². The number of rotatable bonds is 5. The van der Waals surface area contributed by atoms with Crippen LogP contribution in [0.2, 0.25) is 10.0 Å². The van der Waals surface area contributed by atoms with Crippen LogP contribution in [0.15, 0.2) is 77.9 Å². The van der Waals surface area contributed by atoms with E-state index in [9.17, 15) is 4.79 Å². The van der Waals surface area contributed by atoms with E-state index in [-0.39, 0.29) is 10.6 Å². The third kappa shape index (κ3) is 6.29. The van der Waals surface area contributed by atoms with Crippen LogP contribution in [0.3, 0.4) is 0 Å². The lowest BCUT2D eigenvalue weighted by Crippen LogP contribution is -2.23. The topological polar surface area (TPSA) is 62.7 Å². The number of benzene rings is 3. The predicted octanol–water partition coefficient (Wildman–Crippen LogP) is 5.53. The summed E-state index contributed by atoms with van der Waals surface area (Å²) in [6.07, 6.45) is 1.60. The van der Waals surface area contributed by atoms with Crippen molar-refractivity contribution < 1.29 is 9.53 Å². The summed E-state index contributed by atoms with van der Waals surface area (Å²) in [4.78, 5) is 12.2. The second-order valence-electron chi connectivity index (χ2n) is 5.77. The SMILES string of the molecule is O=C(Oc1ccc(C=NNC(=S)Nc2ccccc2)cc1)c1ccc(Cl)cc1Cl. The zero-order valence-electron chi connectivity index (χ0n) is 14.9. The fourth-order valence-electron chi connectivity index (χ4n) is 2.28. The molecule has 3 aromatic carbocycles. The molecule has 0 unspecified atom stereocenters. The van der Waals surface area contributed by atoms with Crippen molar-refractivity contribution in [2.24, 2.45) is 5.10 Å². The Morgan fingerprint density at radius 1 is 1.00 bits per heavy atom. The van der Waals surface area contributed by atoms with Gasteiger partial charge in [-0.05, 0) is 72.4 Å². The summed E-state index contributed by atoms with van der Waals surface area (Å²) in [5.74, 6) is -0.181. The van der Waals surface area contributed by atoms with Crippen LogP contribution in [-0.4, -0.2) is 17.3 Å². The van der Waals surface area contributed by atoms with Crippen molar-refractivity contribution >= 4 is 58.4 Å². The number of nitrogens with zero attached hydrogens (tertiary/aromatic N) is 1. The Morgan fingerprint density at radius 3 is 2.41 bits per heavy atom. The Morgan fingerprint density at radius 2 is 1.72 bits per heavy atom. The minimum absolute atomic E-state index is 0.234. The molecule has 29 heavy (non-hydrogen) atoms. The molecule has 8 heteroatoms. The first-order valence-corrected chi connectivity index (χ1v) is 9.60. The van der Waals surface area contributed by atoms with E-state index < -0.39 is 5.97 Å². The van der Waals surface area contributed by atoms with Crippen molar-refractivity contribution in [3.8, 4) is 5.75 Å². The van der Waals surface area contributed by atoms with E-state index in [1.54, 1.807) is 36.5 Å². The van der Waals surface area contributed by atoms with E-state index >= 15 is 0 Å². The summed E-state index contributed by atoms with van der Waals surface area (Å²) in [6, 6.07) is 20.9. The fourth-order valence-corrected chi connectivity index (χ4v) is 2.94. The van der Waals surface area contributed by atoms with Crippen LogP contribution in [-0.2, 0) is 0 Å². The number of hydrazone groups is 1. The molecule has 0 bridgehead atoms. The van der Waals surface area contributed by atoms with Gasteiger partial charge in [-0.25, -0.2) is 4.79 Å². The average molecular weight is 444 g/mol. The van der Waals surface area contributed by atoms with Crippen molar-refractivity contribution in [2.45, 2.75) is 0 Å². The fraction of sp³-hybridized carbons (Fsp3) is 0. The van der Waals surface area contributed by atoms with Crippen molar-refractivity contribution in [3.05, 3.63) is 94.0 Å². The number of carbonyl (C=O) groups is 1. The highest BCUT2D eigenvalue weighted by Gasteiger charge is 2.13. The van der Waals surface area contributed by atoms with Gasteiger partial charge in [0.2, 0.25) is 0 Å². The van der Waals surface area contributed by atoms with Crippen molar-refractivity contribution in [2.75, 3.05) is 5.32 Å². The number of carbonyl (C=O) groups excluding carboxylic acids is 1. The molecule has 0 aliphatic rings. The Labute approximate surface area is 183 Å². The number of hydrogen-bond acceptors (Lipinski definition) is 4. The number of ether oxygens (including phenoxy) is 1. The highest BCUT2D eigenvalue weighted by molar-refractivity contribution is 7.80. The quantitative estimate of drug-likeness (QED) is 0.178. The number of esters is 1. The molecule has 0 amide bonds. The number of nitrogens with one attached hydrogen (secondary N) is 2. The van der Waals surface area contributed by atoms with Crippen molar-refractivity contribution in [1.82, 2.24) is 5.43 Å². The van der Waals surface area contributed by atoms with Gasteiger partial charge >= 0.3 is 5.97 Å². The summed E-state index contributed by atoms with van der Waals surface area (Å²) in [5, 5.41) is 8.15. The normalized spacial score (nSPS) is 10.6. The standard InChI is InChI=1S/C21H15Cl2N3O2S/c22-15-8-11-18(19(23)12-15)20(27)28-17-9-6-14(7-10-17)13-24-26-21(29)25-16-4-2-1-3-5-16/h1-13H,(H2,25,26,29). The van der Waals surface area contributed by atoms with Crippen LogP contribution in [0.1, 0.15) is 15.9 Å². The van der Waals surface area contributed by atoms with Gasteiger partial charge in [0.15, 0.2) is 5.11 Å². The maximum Gasteiger partial charge on any atom is 0.345 e. The van der Waals surface area contributed by atoms with E-state index in [0.29, 0.717) is 15.9 Å². The lowest BCUT2D eigenvalue weighted by atomic mass is 10.2. The van der Waals surface area contributed by atoms with Crippen LogP contribution >= 0.6 is 35.4 Å². The second-order valence-corrected chi connectivity index (χ2v) is 7.02. The minimum Gasteiger partial charge on any atom is -0.423 e. The molecule has 0 saturated heterocycles. The second kappa shape index (κ2) is 10.0. The summed E-state index contributed by atoms with van der Waals surface area (Å²) in [7, 11) is 0. The first kappa shape index (κ1) is 20.8. The Balaban J connectivity index is 1.53. The zero-order valence-corrected chi connectivity index (χ0v) is 17.3. The highest BCUT2D eigenvalue weighted by Crippen LogP contribution is 2.23. The first-order chi connectivity index (χ1) is 14.0. The van der Waals surface area contributed by atoms with Gasteiger partial charge in [-0.3, -0.25) is 5.43 Å². The molecule has 3 aromatic rings. The summed E-state index contributed by atoms with van der Waals surface area (Å²) in [5.41, 5.74) is 4.64. The largest absolute Gasteiger partial charge is 0.423 e.